The maximum Gasteiger partial charge on any atom is -0.0149 e. The molecule has 0 N–H and O–H groups in total. The highest BCUT2D eigenvalue weighted by Crippen LogP contribution is 2.38. The summed E-state index contributed by atoms with van der Waals surface area (Å²) in [6.45, 7) is 11.4. The second-order valence-corrected chi connectivity index (χ2v) is 5.47. The first-order chi connectivity index (χ1) is 7.50. The molecule has 2 rings (SSSR count). The summed E-state index contributed by atoms with van der Waals surface area (Å²) in [5.74, 6) is 1.31. The van der Waals surface area contributed by atoms with E-state index in [1.54, 1.807) is 5.56 Å². The van der Waals surface area contributed by atoms with E-state index >= 15 is 0 Å². The van der Waals surface area contributed by atoms with Gasteiger partial charge in [0.25, 0.3) is 0 Å². The van der Waals surface area contributed by atoms with Crippen LogP contribution >= 0.6 is 0 Å². The van der Waals surface area contributed by atoms with Crippen molar-refractivity contribution < 1.29 is 0 Å². The van der Waals surface area contributed by atoms with E-state index in [-0.39, 0.29) is 0 Å². The van der Waals surface area contributed by atoms with Crippen LogP contribution in [0.2, 0.25) is 0 Å². The van der Waals surface area contributed by atoms with Gasteiger partial charge in [0.1, 0.15) is 0 Å². The number of fused-ring (bicyclic) bond motifs is 1. The lowest BCUT2D eigenvalue weighted by Gasteiger charge is -2.26. The van der Waals surface area contributed by atoms with Gasteiger partial charge in [-0.2, -0.15) is 0 Å². The molecule has 1 aromatic carbocycles. The lowest BCUT2D eigenvalue weighted by atomic mass is 9.79. The molecule has 0 saturated carbocycles. The summed E-state index contributed by atoms with van der Waals surface area (Å²) in [4.78, 5) is 0. The van der Waals surface area contributed by atoms with Crippen LogP contribution in [0.5, 0.6) is 0 Å². The molecule has 0 aromatic heterocycles. The molecule has 1 aliphatic carbocycles. The molecule has 0 heterocycles. The molecular weight excluding hydrogens is 192 g/mol. The van der Waals surface area contributed by atoms with Crippen LogP contribution in [-0.2, 0) is 0 Å². The van der Waals surface area contributed by atoms with Crippen molar-refractivity contribution in [2.45, 2.75) is 47.0 Å². The molecule has 1 aromatic rings. The van der Waals surface area contributed by atoms with Crippen LogP contribution in [0.4, 0.5) is 0 Å². The third kappa shape index (κ3) is 1.81. The first-order valence-electron chi connectivity index (χ1n) is 6.32. The van der Waals surface area contributed by atoms with Gasteiger partial charge >= 0.3 is 0 Å². The van der Waals surface area contributed by atoms with Crippen LogP contribution in [0.3, 0.4) is 0 Å². The molecule has 0 aliphatic heterocycles. The van der Waals surface area contributed by atoms with E-state index in [0.29, 0.717) is 11.8 Å². The highest BCUT2D eigenvalue weighted by Gasteiger charge is 2.20. The van der Waals surface area contributed by atoms with E-state index in [1.807, 2.05) is 0 Å². The van der Waals surface area contributed by atoms with Crippen molar-refractivity contribution in [1.29, 1.82) is 0 Å². The van der Waals surface area contributed by atoms with Gasteiger partial charge in [-0.15, -0.1) is 0 Å². The maximum atomic E-state index is 2.44. The molecule has 1 unspecified atom stereocenters. The number of hydrogen-bond donors (Lipinski definition) is 0. The molecule has 1 aliphatic rings. The molecule has 0 fully saturated rings. The Hall–Kier alpha value is -1.04. The fourth-order valence-electron chi connectivity index (χ4n) is 2.58. The van der Waals surface area contributed by atoms with E-state index in [0.717, 1.165) is 0 Å². The topological polar surface area (TPSA) is 0 Å². The first-order valence-corrected chi connectivity index (χ1v) is 6.32. The van der Waals surface area contributed by atoms with E-state index in [4.69, 9.17) is 0 Å². The normalized spacial score (nSPS) is 19.6. The van der Waals surface area contributed by atoms with Gasteiger partial charge in [0, 0.05) is 0 Å². The van der Waals surface area contributed by atoms with Gasteiger partial charge in [-0.25, -0.2) is 0 Å². The van der Waals surface area contributed by atoms with E-state index < -0.39 is 0 Å². The Morgan fingerprint density at radius 1 is 1.12 bits per heavy atom. The summed E-state index contributed by atoms with van der Waals surface area (Å²) in [6.07, 6.45) is 3.63. The Morgan fingerprint density at radius 2 is 1.75 bits per heavy atom. The third-order valence-corrected chi connectivity index (χ3v) is 3.82. The number of benzene rings is 1. The minimum absolute atomic E-state index is 0.633. The summed E-state index contributed by atoms with van der Waals surface area (Å²) >= 11 is 0. The zero-order valence-corrected chi connectivity index (χ0v) is 11.1. The zero-order chi connectivity index (χ0) is 11.9. The first kappa shape index (κ1) is 11.4. The number of rotatable bonds is 1. The fourth-order valence-corrected chi connectivity index (χ4v) is 2.58. The molecule has 0 nitrogen and oxygen atoms in total. The summed E-state index contributed by atoms with van der Waals surface area (Å²) in [5, 5.41) is 0. The predicted octanol–water partition coefficient (Wildman–Crippen LogP) is 4.85. The SMILES string of the molecule is Cc1cc2c(cc1C)C(C)CC=C2C(C)C. The molecule has 0 saturated heterocycles. The van der Waals surface area contributed by atoms with Gasteiger partial charge in [-0.3, -0.25) is 0 Å². The largest absolute Gasteiger partial charge is 0.0799 e. The summed E-state index contributed by atoms with van der Waals surface area (Å²) in [7, 11) is 0. The second-order valence-electron chi connectivity index (χ2n) is 5.47. The molecule has 0 heteroatoms. The lowest BCUT2D eigenvalue weighted by molar-refractivity contribution is 0.742. The Labute approximate surface area is 99.4 Å². The average molecular weight is 214 g/mol. The van der Waals surface area contributed by atoms with Crippen LogP contribution < -0.4 is 0 Å². The van der Waals surface area contributed by atoms with Crippen molar-refractivity contribution in [3.05, 3.63) is 40.5 Å². The van der Waals surface area contributed by atoms with Gasteiger partial charge in [0.2, 0.25) is 0 Å². The molecular formula is C16H22. The van der Waals surface area contributed by atoms with Crippen LogP contribution in [0, 0.1) is 19.8 Å². The van der Waals surface area contributed by atoms with Crippen LogP contribution in [-0.4, -0.2) is 0 Å². The zero-order valence-electron chi connectivity index (χ0n) is 11.1. The summed E-state index contributed by atoms with van der Waals surface area (Å²) in [6, 6.07) is 4.77. The van der Waals surface area contributed by atoms with E-state index in [1.165, 1.54) is 28.7 Å². The van der Waals surface area contributed by atoms with Gasteiger partial charge in [-0.1, -0.05) is 39.0 Å². The summed E-state index contributed by atoms with van der Waals surface area (Å²) in [5.41, 5.74) is 7.43. The van der Waals surface area contributed by atoms with Crippen molar-refractivity contribution in [3.8, 4) is 0 Å². The van der Waals surface area contributed by atoms with Crippen molar-refractivity contribution in [2.24, 2.45) is 5.92 Å². The molecule has 0 amide bonds. The molecule has 86 valence electrons. The Balaban J connectivity index is 2.60. The van der Waals surface area contributed by atoms with Gasteiger partial charge < -0.3 is 0 Å². The molecule has 0 bridgehead atoms. The van der Waals surface area contributed by atoms with Gasteiger partial charge in [0.05, 0.1) is 0 Å². The van der Waals surface area contributed by atoms with Gasteiger partial charge in [0.15, 0.2) is 0 Å². The minimum Gasteiger partial charge on any atom is -0.0799 e. The molecule has 16 heavy (non-hydrogen) atoms. The van der Waals surface area contributed by atoms with Gasteiger partial charge in [-0.05, 0) is 59.9 Å². The minimum atomic E-state index is 0.633. The Morgan fingerprint density at radius 3 is 2.38 bits per heavy atom. The highest BCUT2D eigenvalue weighted by atomic mass is 14.2. The van der Waals surface area contributed by atoms with E-state index in [2.05, 4.69) is 52.8 Å². The Kier molecular flexibility index (Phi) is 2.92. The quantitative estimate of drug-likeness (QED) is 0.627. The predicted molar refractivity (Wildman–Crippen MR) is 71.8 cm³/mol. The standard InChI is InChI=1S/C16H22/c1-10(2)14-7-6-11(3)15-8-12(4)13(5)9-16(14)15/h7-11H,6H2,1-5H3. The molecule has 1 atom stereocenters. The van der Waals surface area contributed by atoms with E-state index in [9.17, 15) is 0 Å². The van der Waals surface area contributed by atoms with Crippen molar-refractivity contribution in [3.63, 3.8) is 0 Å². The number of aryl methyl sites for hydroxylation is 2. The van der Waals surface area contributed by atoms with Crippen molar-refractivity contribution in [2.75, 3.05) is 0 Å². The lowest BCUT2D eigenvalue weighted by Crippen LogP contribution is -2.08. The second kappa shape index (κ2) is 4.08. The molecule has 0 radical (unpaired) electrons. The fraction of sp³-hybridized carbons (Fsp3) is 0.500. The highest BCUT2D eigenvalue weighted by molar-refractivity contribution is 5.73. The van der Waals surface area contributed by atoms with Crippen LogP contribution in [0.1, 0.15) is 55.4 Å². The maximum absolute atomic E-state index is 2.44. The molecule has 0 spiro atoms. The smallest absolute Gasteiger partial charge is 0.0149 e. The van der Waals surface area contributed by atoms with Crippen molar-refractivity contribution >= 4 is 5.57 Å². The van der Waals surface area contributed by atoms with Crippen LogP contribution in [0.15, 0.2) is 18.2 Å². The van der Waals surface area contributed by atoms with Crippen LogP contribution in [0.25, 0.3) is 5.57 Å². The summed E-state index contributed by atoms with van der Waals surface area (Å²) < 4.78 is 0. The van der Waals surface area contributed by atoms with Crippen molar-refractivity contribution in [1.82, 2.24) is 0 Å². The number of allylic oxidation sites excluding steroid dienone is 2. The Bertz CT molecular complexity index is 436. The number of hydrogen-bond acceptors (Lipinski definition) is 0. The third-order valence-electron chi connectivity index (χ3n) is 3.82. The average Bonchev–Trinajstić information content (AvgIpc) is 2.21. The monoisotopic (exact) mass is 214 g/mol.